The molecule has 7 nitrogen and oxygen atoms in total. The highest BCUT2D eigenvalue weighted by atomic mass is 16.7. The van der Waals surface area contributed by atoms with Crippen molar-refractivity contribution in [2.24, 2.45) is 5.41 Å². The number of rotatable bonds is 3. The maximum atomic E-state index is 11.9. The van der Waals surface area contributed by atoms with Gasteiger partial charge in [-0.25, -0.2) is 9.59 Å². The Balaban J connectivity index is 1.70. The van der Waals surface area contributed by atoms with Gasteiger partial charge in [-0.2, -0.15) is 0 Å². The van der Waals surface area contributed by atoms with Gasteiger partial charge in [0.15, 0.2) is 11.9 Å². The molecule has 3 rings (SSSR count). The highest BCUT2D eigenvalue weighted by Gasteiger charge is 2.39. The van der Waals surface area contributed by atoms with E-state index in [0.29, 0.717) is 18.9 Å². The Morgan fingerprint density at radius 2 is 1.65 bits per heavy atom. The first kappa shape index (κ1) is 18.4. The normalized spacial score (nSPS) is 22.4. The van der Waals surface area contributed by atoms with Crippen molar-refractivity contribution < 1.29 is 28.5 Å². The second-order valence-electron chi connectivity index (χ2n) is 7.62. The van der Waals surface area contributed by atoms with Crippen LogP contribution in [-0.4, -0.2) is 30.9 Å². The molecule has 2 fully saturated rings. The summed E-state index contributed by atoms with van der Waals surface area (Å²) in [6, 6.07) is 7.37. The van der Waals surface area contributed by atoms with Crippen molar-refractivity contribution in [3.05, 3.63) is 41.6 Å². The molecule has 0 atom stereocenters. The summed E-state index contributed by atoms with van der Waals surface area (Å²) < 4.78 is 21.7. The van der Waals surface area contributed by atoms with Gasteiger partial charge in [-0.15, -0.1) is 0 Å². The van der Waals surface area contributed by atoms with E-state index in [1.54, 1.807) is 6.07 Å². The number of esters is 2. The second-order valence-corrected chi connectivity index (χ2v) is 7.62. The van der Waals surface area contributed by atoms with Gasteiger partial charge in [0.2, 0.25) is 0 Å². The van der Waals surface area contributed by atoms with Crippen LogP contribution in [0.1, 0.15) is 39.5 Å². The molecule has 1 aromatic carbocycles. The third-order valence-corrected chi connectivity index (χ3v) is 3.91. The Bertz CT molecular complexity index is 720. The van der Waals surface area contributed by atoms with Crippen molar-refractivity contribution in [3.63, 3.8) is 0 Å². The summed E-state index contributed by atoms with van der Waals surface area (Å²) in [5.41, 5.74) is 1.32. The molecule has 0 saturated carbocycles. The Labute approximate surface area is 152 Å². The van der Waals surface area contributed by atoms with Crippen LogP contribution in [0.5, 0.6) is 0 Å². The lowest BCUT2D eigenvalue weighted by Crippen LogP contribution is -2.42. The Morgan fingerprint density at radius 1 is 1.04 bits per heavy atom. The van der Waals surface area contributed by atoms with Crippen molar-refractivity contribution in [1.29, 1.82) is 0 Å². The molecule has 0 spiro atoms. The third-order valence-electron chi connectivity index (χ3n) is 3.91. The first-order valence-electron chi connectivity index (χ1n) is 8.42. The van der Waals surface area contributed by atoms with E-state index >= 15 is 0 Å². The van der Waals surface area contributed by atoms with Crippen LogP contribution in [0, 0.1) is 5.41 Å². The molecule has 2 aliphatic heterocycles. The molecule has 2 heterocycles. The predicted molar refractivity (Wildman–Crippen MR) is 92.8 cm³/mol. The van der Waals surface area contributed by atoms with E-state index in [9.17, 15) is 9.59 Å². The molecule has 2 saturated heterocycles. The summed E-state index contributed by atoms with van der Waals surface area (Å²) in [6.07, 6.45) is 0.841. The minimum atomic E-state index is -1.26. The van der Waals surface area contributed by atoms with Gasteiger partial charge < -0.3 is 24.3 Å². The quantitative estimate of drug-likeness (QED) is 0.503. The number of hydrogen-bond acceptors (Lipinski definition) is 7. The summed E-state index contributed by atoms with van der Waals surface area (Å²) in [6.45, 7) is 8.37. The van der Waals surface area contributed by atoms with E-state index in [0.717, 1.165) is 5.56 Å². The van der Waals surface area contributed by atoms with Crippen LogP contribution >= 0.6 is 0 Å². The van der Waals surface area contributed by atoms with Gasteiger partial charge in [-0.1, -0.05) is 26.0 Å². The number of hydrogen-bond donors (Lipinski definition) is 1. The van der Waals surface area contributed by atoms with Gasteiger partial charge in [-0.05, 0) is 12.1 Å². The second kappa shape index (κ2) is 6.74. The molecule has 1 N–H and O–H groups in total. The molecule has 0 bridgehead atoms. The zero-order valence-corrected chi connectivity index (χ0v) is 15.3. The Kier molecular flexibility index (Phi) is 4.77. The minimum Gasteiger partial charge on any atom is -0.419 e. The average molecular weight is 361 g/mol. The fraction of sp³-hybridized carbons (Fsp3) is 0.474. The number of cyclic esters (lactones) is 2. The zero-order valence-electron chi connectivity index (χ0n) is 15.3. The monoisotopic (exact) mass is 361 g/mol. The number of benzene rings is 1. The number of nitrogens with one attached hydrogen (secondary N) is 1. The summed E-state index contributed by atoms with van der Waals surface area (Å²) in [7, 11) is 0. The van der Waals surface area contributed by atoms with Gasteiger partial charge in [0.1, 0.15) is 0 Å². The first-order chi connectivity index (χ1) is 12.2. The molecule has 0 aromatic heterocycles. The maximum Gasteiger partial charge on any atom is 0.350 e. The number of anilines is 1. The lowest BCUT2D eigenvalue weighted by atomic mass is 9.95. The summed E-state index contributed by atoms with van der Waals surface area (Å²) in [5, 5.41) is 2.92. The molecule has 2 aliphatic rings. The van der Waals surface area contributed by atoms with Crippen LogP contribution in [0.4, 0.5) is 5.69 Å². The lowest BCUT2D eigenvalue weighted by molar-refractivity contribution is -0.226. The highest BCUT2D eigenvalue weighted by molar-refractivity contribution is 6.15. The SMILES string of the molecule is CC1(C)COC(c2cccc(NC=C3C(=O)OC(C)(C)OC3=O)c2)OC1. The van der Waals surface area contributed by atoms with Crippen LogP contribution in [0.15, 0.2) is 36.0 Å². The van der Waals surface area contributed by atoms with Crippen LogP contribution in [0.25, 0.3) is 0 Å². The molecule has 0 radical (unpaired) electrons. The topological polar surface area (TPSA) is 83.1 Å². The fourth-order valence-corrected chi connectivity index (χ4v) is 2.59. The van der Waals surface area contributed by atoms with E-state index in [1.165, 1.54) is 20.0 Å². The average Bonchev–Trinajstić information content (AvgIpc) is 2.53. The smallest absolute Gasteiger partial charge is 0.350 e. The van der Waals surface area contributed by atoms with Crippen molar-refractivity contribution in [3.8, 4) is 0 Å². The maximum absolute atomic E-state index is 11.9. The van der Waals surface area contributed by atoms with Crippen molar-refractivity contribution >= 4 is 17.6 Å². The van der Waals surface area contributed by atoms with E-state index in [2.05, 4.69) is 19.2 Å². The van der Waals surface area contributed by atoms with Gasteiger partial charge in [0.25, 0.3) is 5.79 Å². The molecule has 1 aromatic rings. The Morgan fingerprint density at radius 3 is 2.27 bits per heavy atom. The number of carbonyl (C=O) groups excluding carboxylic acids is 2. The summed E-state index contributed by atoms with van der Waals surface area (Å²) >= 11 is 0. The molecule has 140 valence electrons. The molecule has 7 heteroatoms. The standard InChI is InChI=1S/C19H23NO6/c1-18(2)10-23-17(24-11-18)12-6-5-7-13(8-12)20-9-14-15(21)25-19(3,4)26-16(14)22/h5-9,17,20H,10-11H2,1-4H3. The molecular weight excluding hydrogens is 338 g/mol. The van der Waals surface area contributed by atoms with Crippen molar-refractivity contribution in [1.82, 2.24) is 0 Å². The van der Waals surface area contributed by atoms with E-state index in [-0.39, 0.29) is 11.0 Å². The molecular formula is C19H23NO6. The summed E-state index contributed by atoms with van der Waals surface area (Å²) in [4.78, 5) is 23.9. The van der Waals surface area contributed by atoms with E-state index < -0.39 is 24.0 Å². The largest absolute Gasteiger partial charge is 0.419 e. The van der Waals surface area contributed by atoms with Gasteiger partial charge in [0, 0.05) is 36.7 Å². The zero-order chi connectivity index (χ0) is 18.9. The fourth-order valence-electron chi connectivity index (χ4n) is 2.59. The van der Waals surface area contributed by atoms with Crippen LogP contribution in [-0.2, 0) is 28.5 Å². The minimum absolute atomic E-state index is 0.00768. The van der Waals surface area contributed by atoms with E-state index in [1.807, 2.05) is 18.2 Å². The lowest BCUT2D eigenvalue weighted by Gasteiger charge is -2.34. The number of carbonyl (C=O) groups is 2. The summed E-state index contributed by atoms with van der Waals surface area (Å²) in [5.74, 6) is -2.71. The van der Waals surface area contributed by atoms with Crippen molar-refractivity contribution in [2.75, 3.05) is 18.5 Å². The number of ether oxygens (including phenoxy) is 4. The van der Waals surface area contributed by atoms with Crippen LogP contribution in [0.3, 0.4) is 0 Å². The van der Waals surface area contributed by atoms with Gasteiger partial charge in [0.05, 0.1) is 13.2 Å². The molecule has 0 aliphatic carbocycles. The molecule has 0 unspecified atom stereocenters. The first-order valence-corrected chi connectivity index (χ1v) is 8.42. The van der Waals surface area contributed by atoms with Gasteiger partial charge in [-0.3, -0.25) is 0 Å². The van der Waals surface area contributed by atoms with E-state index in [4.69, 9.17) is 18.9 Å². The van der Waals surface area contributed by atoms with Crippen LogP contribution in [0.2, 0.25) is 0 Å². The third kappa shape index (κ3) is 4.23. The van der Waals surface area contributed by atoms with Gasteiger partial charge >= 0.3 is 11.9 Å². The molecule has 26 heavy (non-hydrogen) atoms. The predicted octanol–water partition coefficient (Wildman–Crippen LogP) is 2.89. The van der Waals surface area contributed by atoms with Crippen molar-refractivity contribution in [2.45, 2.75) is 39.8 Å². The Hall–Kier alpha value is -2.38. The highest BCUT2D eigenvalue weighted by Crippen LogP contribution is 2.32. The molecule has 0 amide bonds. The van der Waals surface area contributed by atoms with Crippen LogP contribution < -0.4 is 5.32 Å².